The van der Waals surface area contributed by atoms with E-state index < -0.39 is 0 Å². The van der Waals surface area contributed by atoms with Gasteiger partial charge in [-0.15, -0.1) is 0 Å². The molecule has 0 amide bonds. The molecule has 0 heterocycles. The van der Waals surface area contributed by atoms with Gasteiger partial charge < -0.3 is 0 Å². The molecule has 0 aromatic rings. The molecule has 0 saturated carbocycles. The fraction of sp³-hybridized carbons (Fsp3) is 0.600. The first-order chi connectivity index (χ1) is 4.72. The van der Waals surface area contributed by atoms with Crippen LogP contribution in [0.5, 0.6) is 0 Å². The summed E-state index contributed by atoms with van der Waals surface area (Å²) in [5.74, 6) is 1.47. The minimum Gasteiger partial charge on any atom is -0.0991 e. The second-order valence-corrected chi connectivity index (χ2v) is 2.94. The standard InChI is InChI=1S/C10H18/c1-5-7-8-10(6-2)9(3)4/h5,7-10H,1,6H2,2-4H3/b8-7-. The summed E-state index contributed by atoms with van der Waals surface area (Å²) in [6.45, 7) is 10.4. The van der Waals surface area contributed by atoms with Crippen LogP contribution in [-0.4, -0.2) is 0 Å². The molecule has 0 aliphatic carbocycles. The van der Waals surface area contributed by atoms with Crippen molar-refractivity contribution in [1.82, 2.24) is 0 Å². The molecule has 0 fully saturated rings. The van der Waals surface area contributed by atoms with Crippen molar-refractivity contribution >= 4 is 0 Å². The van der Waals surface area contributed by atoms with Crippen molar-refractivity contribution in [3.8, 4) is 0 Å². The lowest BCUT2D eigenvalue weighted by Crippen LogP contribution is -2.02. The van der Waals surface area contributed by atoms with E-state index in [1.54, 1.807) is 0 Å². The van der Waals surface area contributed by atoms with E-state index in [2.05, 4.69) is 33.4 Å². The highest BCUT2D eigenvalue weighted by atomic mass is 14.1. The quantitative estimate of drug-likeness (QED) is 0.522. The molecule has 0 bridgehead atoms. The van der Waals surface area contributed by atoms with Gasteiger partial charge in [0, 0.05) is 0 Å². The lowest BCUT2D eigenvalue weighted by atomic mass is 9.93. The van der Waals surface area contributed by atoms with Crippen LogP contribution in [0.3, 0.4) is 0 Å². The molecular weight excluding hydrogens is 120 g/mol. The molecule has 0 spiro atoms. The third-order valence-electron chi connectivity index (χ3n) is 1.82. The molecule has 0 aliphatic heterocycles. The van der Waals surface area contributed by atoms with Crippen LogP contribution in [0.25, 0.3) is 0 Å². The first kappa shape index (κ1) is 9.48. The van der Waals surface area contributed by atoms with E-state index in [0.717, 1.165) is 11.8 Å². The van der Waals surface area contributed by atoms with E-state index >= 15 is 0 Å². The summed E-state index contributed by atoms with van der Waals surface area (Å²) in [5.41, 5.74) is 0. The maximum atomic E-state index is 3.64. The number of hydrogen-bond donors (Lipinski definition) is 0. The lowest BCUT2D eigenvalue weighted by molar-refractivity contribution is 0.453. The zero-order valence-electron chi connectivity index (χ0n) is 7.30. The summed E-state index contributed by atoms with van der Waals surface area (Å²) in [6, 6.07) is 0. The maximum Gasteiger partial charge on any atom is -0.0210 e. The van der Waals surface area contributed by atoms with E-state index in [9.17, 15) is 0 Å². The largest absolute Gasteiger partial charge is 0.0991 e. The van der Waals surface area contributed by atoms with Crippen LogP contribution in [0, 0.1) is 11.8 Å². The highest BCUT2D eigenvalue weighted by Crippen LogP contribution is 2.15. The first-order valence-electron chi connectivity index (χ1n) is 4.01. The molecule has 0 heteroatoms. The molecular formula is C10H18. The van der Waals surface area contributed by atoms with Gasteiger partial charge in [0.2, 0.25) is 0 Å². The summed E-state index contributed by atoms with van der Waals surface area (Å²) in [4.78, 5) is 0. The average molecular weight is 138 g/mol. The second-order valence-electron chi connectivity index (χ2n) is 2.94. The average Bonchev–Trinajstić information content (AvgIpc) is 1.89. The fourth-order valence-corrected chi connectivity index (χ4v) is 1.05. The van der Waals surface area contributed by atoms with Gasteiger partial charge in [-0.3, -0.25) is 0 Å². The Balaban J connectivity index is 3.82. The fourth-order valence-electron chi connectivity index (χ4n) is 1.05. The van der Waals surface area contributed by atoms with Crippen molar-refractivity contribution in [2.75, 3.05) is 0 Å². The monoisotopic (exact) mass is 138 g/mol. The third-order valence-corrected chi connectivity index (χ3v) is 1.82. The smallest absolute Gasteiger partial charge is 0.0210 e. The predicted molar refractivity (Wildman–Crippen MR) is 48.0 cm³/mol. The first-order valence-corrected chi connectivity index (χ1v) is 4.01. The van der Waals surface area contributed by atoms with Crippen LogP contribution >= 0.6 is 0 Å². The molecule has 0 nitrogen and oxygen atoms in total. The van der Waals surface area contributed by atoms with Crippen molar-refractivity contribution in [2.24, 2.45) is 11.8 Å². The molecule has 10 heavy (non-hydrogen) atoms. The van der Waals surface area contributed by atoms with Gasteiger partial charge in [-0.1, -0.05) is 45.6 Å². The minimum absolute atomic E-state index is 0.720. The van der Waals surface area contributed by atoms with Crippen molar-refractivity contribution < 1.29 is 0 Å². The van der Waals surface area contributed by atoms with E-state index in [1.165, 1.54) is 6.42 Å². The summed E-state index contributed by atoms with van der Waals surface area (Å²) in [6.07, 6.45) is 7.33. The van der Waals surface area contributed by atoms with Crippen LogP contribution in [0.15, 0.2) is 24.8 Å². The normalized spacial score (nSPS) is 14.4. The topological polar surface area (TPSA) is 0 Å². The highest BCUT2D eigenvalue weighted by molar-refractivity contribution is 5.00. The second kappa shape index (κ2) is 5.28. The Kier molecular flexibility index (Phi) is 5.00. The summed E-state index contributed by atoms with van der Waals surface area (Å²) < 4.78 is 0. The molecule has 0 saturated heterocycles. The summed E-state index contributed by atoms with van der Waals surface area (Å²) in [7, 11) is 0. The molecule has 1 atom stereocenters. The van der Waals surface area contributed by atoms with Gasteiger partial charge in [-0.2, -0.15) is 0 Å². The zero-order valence-corrected chi connectivity index (χ0v) is 7.30. The Morgan fingerprint density at radius 1 is 1.40 bits per heavy atom. The van der Waals surface area contributed by atoms with Gasteiger partial charge in [0.15, 0.2) is 0 Å². The maximum absolute atomic E-state index is 3.64. The summed E-state index contributed by atoms with van der Waals surface area (Å²) in [5, 5.41) is 0. The van der Waals surface area contributed by atoms with Gasteiger partial charge >= 0.3 is 0 Å². The zero-order chi connectivity index (χ0) is 7.98. The van der Waals surface area contributed by atoms with Crippen molar-refractivity contribution in [3.05, 3.63) is 24.8 Å². The van der Waals surface area contributed by atoms with E-state index in [0.29, 0.717) is 0 Å². The summed E-state index contributed by atoms with van der Waals surface area (Å²) >= 11 is 0. The van der Waals surface area contributed by atoms with Crippen LogP contribution in [0.2, 0.25) is 0 Å². The number of rotatable bonds is 4. The molecule has 0 aliphatic rings. The van der Waals surface area contributed by atoms with Crippen LogP contribution in [0.1, 0.15) is 27.2 Å². The molecule has 0 aromatic carbocycles. The number of allylic oxidation sites excluding steroid dienone is 3. The molecule has 0 aromatic heterocycles. The Morgan fingerprint density at radius 2 is 2.00 bits per heavy atom. The van der Waals surface area contributed by atoms with Crippen molar-refractivity contribution in [1.29, 1.82) is 0 Å². The Morgan fingerprint density at radius 3 is 2.30 bits per heavy atom. The highest BCUT2D eigenvalue weighted by Gasteiger charge is 2.04. The molecule has 58 valence electrons. The Labute approximate surface area is 64.6 Å². The molecule has 0 rings (SSSR count). The van der Waals surface area contributed by atoms with Crippen molar-refractivity contribution in [3.63, 3.8) is 0 Å². The van der Waals surface area contributed by atoms with Crippen LogP contribution < -0.4 is 0 Å². The van der Waals surface area contributed by atoms with Crippen molar-refractivity contribution in [2.45, 2.75) is 27.2 Å². The van der Waals surface area contributed by atoms with Crippen LogP contribution in [-0.2, 0) is 0 Å². The van der Waals surface area contributed by atoms with Gasteiger partial charge in [0.25, 0.3) is 0 Å². The van der Waals surface area contributed by atoms with Gasteiger partial charge in [0.05, 0.1) is 0 Å². The predicted octanol–water partition coefficient (Wildman–Crippen LogP) is 3.41. The third kappa shape index (κ3) is 3.49. The van der Waals surface area contributed by atoms with E-state index in [-0.39, 0.29) is 0 Å². The van der Waals surface area contributed by atoms with Gasteiger partial charge in [0.1, 0.15) is 0 Å². The molecule has 0 radical (unpaired) electrons. The molecule has 1 unspecified atom stereocenters. The Hall–Kier alpha value is -0.520. The minimum atomic E-state index is 0.720. The molecule has 0 N–H and O–H groups in total. The SMILES string of the molecule is C=C/C=C\C(CC)C(C)C. The van der Waals surface area contributed by atoms with Crippen LogP contribution in [0.4, 0.5) is 0 Å². The Bertz CT molecular complexity index is 109. The van der Waals surface area contributed by atoms with Gasteiger partial charge in [-0.05, 0) is 18.3 Å². The number of hydrogen-bond acceptors (Lipinski definition) is 0. The van der Waals surface area contributed by atoms with E-state index in [4.69, 9.17) is 0 Å². The van der Waals surface area contributed by atoms with Gasteiger partial charge in [-0.25, -0.2) is 0 Å². The van der Waals surface area contributed by atoms with E-state index in [1.807, 2.05) is 12.2 Å². The lowest BCUT2D eigenvalue weighted by Gasteiger charge is -2.13.